The van der Waals surface area contributed by atoms with Gasteiger partial charge in [-0.15, -0.1) is 0 Å². The van der Waals surface area contributed by atoms with Gasteiger partial charge in [0.05, 0.1) is 18.6 Å². The summed E-state index contributed by atoms with van der Waals surface area (Å²) in [7, 11) is 0. The molecule has 5 nitrogen and oxygen atoms in total. The first-order chi connectivity index (χ1) is 9.25. The van der Waals surface area contributed by atoms with Crippen molar-refractivity contribution in [2.45, 2.75) is 37.8 Å². The first kappa shape index (κ1) is 13.3. The van der Waals surface area contributed by atoms with Crippen molar-refractivity contribution in [3.05, 3.63) is 0 Å². The van der Waals surface area contributed by atoms with E-state index in [1.807, 2.05) is 4.90 Å². The highest BCUT2D eigenvalue weighted by atomic mass is 16.5. The maximum Gasteiger partial charge on any atom is 0.228 e. The Labute approximate surface area is 114 Å². The summed E-state index contributed by atoms with van der Waals surface area (Å²) in [6, 6.07) is 0.326. The van der Waals surface area contributed by atoms with Gasteiger partial charge in [-0.3, -0.25) is 9.69 Å². The van der Waals surface area contributed by atoms with Gasteiger partial charge in [0.1, 0.15) is 0 Å². The number of nitrogens with zero attached hydrogens (tertiary/aromatic N) is 2. The predicted molar refractivity (Wildman–Crippen MR) is 70.7 cm³/mol. The van der Waals surface area contributed by atoms with Crippen LogP contribution in [0.4, 0.5) is 0 Å². The summed E-state index contributed by atoms with van der Waals surface area (Å²) >= 11 is 0. The molecule has 2 saturated heterocycles. The Morgan fingerprint density at radius 2 is 1.89 bits per heavy atom. The van der Waals surface area contributed by atoms with Gasteiger partial charge in [-0.1, -0.05) is 0 Å². The number of ether oxygens (including phenoxy) is 1. The van der Waals surface area contributed by atoms with Gasteiger partial charge < -0.3 is 14.7 Å². The number of carbonyl (C=O) groups excluding carboxylic acids is 1. The Morgan fingerprint density at radius 1 is 1.11 bits per heavy atom. The van der Waals surface area contributed by atoms with Crippen molar-refractivity contribution >= 4 is 5.91 Å². The zero-order valence-corrected chi connectivity index (χ0v) is 11.5. The standard InChI is InChI=1S/C14H24N2O3/c17-13-3-1-2-12(13)15-5-7-16(8-6-15)14(18)11-4-9-19-10-11/h11-13,17H,1-10H2/t11-,12-,13+/m1/s1. The molecule has 0 unspecified atom stereocenters. The van der Waals surface area contributed by atoms with E-state index in [1.165, 1.54) is 0 Å². The van der Waals surface area contributed by atoms with Crippen molar-refractivity contribution < 1.29 is 14.6 Å². The third-order valence-corrected chi connectivity index (χ3v) is 4.82. The summed E-state index contributed by atoms with van der Waals surface area (Å²) < 4.78 is 5.29. The molecule has 0 bridgehead atoms. The van der Waals surface area contributed by atoms with Crippen molar-refractivity contribution in [1.82, 2.24) is 9.80 Å². The summed E-state index contributed by atoms with van der Waals surface area (Å²) in [5.74, 6) is 0.354. The Kier molecular flexibility index (Phi) is 4.05. The molecule has 19 heavy (non-hydrogen) atoms. The zero-order chi connectivity index (χ0) is 13.2. The molecule has 3 atom stereocenters. The van der Waals surface area contributed by atoms with Gasteiger partial charge in [-0.25, -0.2) is 0 Å². The monoisotopic (exact) mass is 268 g/mol. The summed E-state index contributed by atoms with van der Waals surface area (Å²) in [4.78, 5) is 16.6. The summed E-state index contributed by atoms with van der Waals surface area (Å²) in [5.41, 5.74) is 0. The van der Waals surface area contributed by atoms with Crippen LogP contribution in [0.1, 0.15) is 25.7 Å². The zero-order valence-electron chi connectivity index (χ0n) is 11.5. The van der Waals surface area contributed by atoms with Crippen LogP contribution in [0.5, 0.6) is 0 Å². The normalized spacial score (nSPS) is 36.9. The summed E-state index contributed by atoms with van der Waals surface area (Å²) in [6.45, 7) is 4.74. The molecular weight excluding hydrogens is 244 g/mol. The van der Waals surface area contributed by atoms with Crippen LogP contribution in [0.25, 0.3) is 0 Å². The van der Waals surface area contributed by atoms with Crippen molar-refractivity contribution in [1.29, 1.82) is 0 Å². The molecule has 3 fully saturated rings. The van der Waals surface area contributed by atoms with Crippen molar-refractivity contribution in [3.63, 3.8) is 0 Å². The summed E-state index contributed by atoms with van der Waals surface area (Å²) in [6.07, 6.45) is 3.88. The van der Waals surface area contributed by atoms with E-state index in [0.717, 1.165) is 58.5 Å². The lowest BCUT2D eigenvalue weighted by molar-refractivity contribution is -0.137. The molecule has 108 valence electrons. The van der Waals surface area contributed by atoms with Crippen molar-refractivity contribution in [2.75, 3.05) is 39.4 Å². The molecule has 5 heteroatoms. The van der Waals surface area contributed by atoms with E-state index in [4.69, 9.17) is 4.74 Å². The average Bonchev–Trinajstić information content (AvgIpc) is 3.09. The number of amides is 1. The van der Waals surface area contributed by atoms with E-state index in [1.54, 1.807) is 0 Å². The largest absolute Gasteiger partial charge is 0.391 e. The number of carbonyl (C=O) groups is 1. The van der Waals surface area contributed by atoms with Crippen molar-refractivity contribution in [3.8, 4) is 0 Å². The Hall–Kier alpha value is -0.650. The molecule has 1 aliphatic carbocycles. The highest BCUT2D eigenvalue weighted by molar-refractivity contribution is 5.79. The second-order valence-electron chi connectivity index (χ2n) is 5.99. The fourth-order valence-corrected chi connectivity index (χ4v) is 3.61. The molecule has 0 aromatic heterocycles. The molecule has 3 rings (SSSR count). The van der Waals surface area contributed by atoms with Gasteiger partial charge in [-0.2, -0.15) is 0 Å². The van der Waals surface area contributed by atoms with Crippen LogP contribution in [-0.4, -0.2) is 72.4 Å². The number of aliphatic hydroxyl groups excluding tert-OH is 1. The molecule has 0 spiro atoms. The van der Waals surface area contributed by atoms with Gasteiger partial charge in [0, 0.05) is 38.8 Å². The number of piperazine rings is 1. The number of rotatable bonds is 2. The minimum Gasteiger partial charge on any atom is -0.391 e. The van der Waals surface area contributed by atoms with Crippen LogP contribution < -0.4 is 0 Å². The Bertz CT molecular complexity index is 323. The highest BCUT2D eigenvalue weighted by Crippen LogP contribution is 2.25. The van der Waals surface area contributed by atoms with E-state index in [2.05, 4.69) is 4.90 Å². The third kappa shape index (κ3) is 2.78. The lowest BCUT2D eigenvalue weighted by Crippen LogP contribution is -2.54. The molecule has 1 saturated carbocycles. The second kappa shape index (κ2) is 5.77. The van der Waals surface area contributed by atoms with Gasteiger partial charge in [0.15, 0.2) is 0 Å². The second-order valence-corrected chi connectivity index (χ2v) is 5.99. The van der Waals surface area contributed by atoms with Crippen LogP contribution in [0.2, 0.25) is 0 Å². The van der Waals surface area contributed by atoms with Crippen LogP contribution >= 0.6 is 0 Å². The average molecular weight is 268 g/mol. The lowest BCUT2D eigenvalue weighted by atomic mass is 10.1. The Balaban J connectivity index is 1.50. The topological polar surface area (TPSA) is 53.0 Å². The maximum atomic E-state index is 12.3. The van der Waals surface area contributed by atoms with Crippen LogP contribution in [0.15, 0.2) is 0 Å². The van der Waals surface area contributed by atoms with Gasteiger partial charge in [-0.05, 0) is 25.7 Å². The molecule has 1 amide bonds. The first-order valence-corrected chi connectivity index (χ1v) is 7.54. The minimum atomic E-state index is -0.162. The molecule has 0 aromatic carbocycles. The fraction of sp³-hybridized carbons (Fsp3) is 0.929. The SMILES string of the molecule is O=C([C@@H]1CCOC1)N1CCN([C@@H]2CCC[C@@H]2O)CC1. The van der Waals surface area contributed by atoms with E-state index < -0.39 is 0 Å². The molecule has 2 heterocycles. The number of hydrogen-bond donors (Lipinski definition) is 1. The summed E-state index contributed by atoms with van der Waals surface area (Å²) in [5, 5.41) is 9.95. The van der Waals surface area contributed by atoms with E-state index >= 15 is 0 Å². The maximum absolute atomic E-state index is 12.3. The quantitative estimate of drug-likeness (QED) is 0.770. The van der Waals surface area contributed by atoms with Crippen LogP contribution in [0, 0.1) is 5.92 Å². The van der Waals surface area contributed by atoms with Crippen LogP contribution in [0.3, 0.4) is 0 Å². The third-order valence-electron chi connectivity index (χ3n) is 4.82. The van der Waals surface area contributed by atoms with Crippen molar-refractivity contribution in [2.24, 2.45) is 5.92 Å². The minimum absolute atomic E-state index is 0.0867. The fourth-order valence-electron chi connectivity index (χ4n) is 3.61. The molecule has 2 aliphatic heterocycles. The highest BCUT2D eigenvalue weighted by Gasteiger charge is 2.35. The number of aliphatic hydroxyl groups is 1. The van der Waals surface area contributed by atoms with E-state index in [-0.39, 0.29) is 17.9 Å². The van der Waals surface area contributed by atoms with Gasteiger partial charge in [0.2, 0.25) is 5.91 Å². The van der Waals surface area contributed by atoms with E-state index in [9.17, 15) is 9.90 Å². The predicted octanol–water partition coefficient (Wildman–Crippen LogP) is 0.0805. The van der Waals surface area contributed by atoms with Gasteiger partial charge in [0.25, 0.3) is 0 Å². The van der Waals surface area contributed by atoms with Crippen LogP contribution in [-0.2, 0) is 9.53 Å². The molecular formula is C14H24N2O3. The smallest absolute Gasteiger partial charge is 0.228 e. The van der Waals surface area contributed by atoms with Gasteiger partial charge >= 0.3 is 0 Å². The Morgan fingerprint density at radius 3 is 2.47 bits per heavy atom. The van der Waals surface area contributed by atoms with E-state index in [0.29, 0.717) is 12.6 Å². The number of hydrogen-bond acceptors (Lipinski definition) is 4. The lowest BCUT2D eigenvalue weighted by Gasteiger charge is -2.39. The molecule has 3 aliphatic rings. The first-order valence-electron chi connectivity index (χ1n) is 7.54. The molecule has 0 aromatic rings. The molecule has 0 radical (unpaired) electrons. The molecule has 1 N–H and O–H groups in total.